The van der Waals surface area contributed by atoms with Crippen LogP contribution in [0.2, 0.25) is 0 Å². The molecule has 106 valence electrons. The van der Waals surface area contributed by atoms with Crippen LogP contribution < -0.4 is 10.6 Å². The minimum absolute atomic E-state index is 0.0663. The second-order valence-electron chi connectivity index (χ2n) is 5.75. The van der Waals surface area contributed by atoms with E-state index in [4.69, 9.17) is 0 Å². The fraction of sp³-hybridized carbons (Fsp3) is 0.933. The molecule has 0 aromatic carbocycles. The van der Waals surface area contributed by atoms with Crippen LogP contribution in [0.3, 0.4) is 0 Å². The molecule has 0 spiro atoms. The Labute approximate surface area is 112 Å². The van der Waals surface area contributed by atoms with Gasteiger partial charge >= 0.3 is 0 Å². The Hall–Kier alpha value is -0.570. The Kier molecular flexibility index (Phi) is 7.33. The van der Waals surface area contributed by atoms with Crippen molar-refractivity contribution in [1.82, 2.24) is 10.6 Å². The summed E-state index contributed by atoms with van der Waals surface area (Å²) in [5.74, 6) is 0.145. The molecule has 0 aliphatic heterocycles. The Morgan fingerprint density at radius 2 is 1.67 bits per heavy atom. The third-order valence-electron chi connectivity index (χ3n) is 3.99. The first kappa shape index (κ1) is 15.5. The van der Waals surface area contributed by atoms with E-state index in [1.165, 1.54) is 44.9 Å². The van der Waals surface area contributed by atoms with E-state index in [1.54, 1.807) is 0 Å². The zero-order chi connectivity index (χ0) is 13.4. The number of carbonyl (C=O) groups is 1. The topological polar surface area (TPSA) is 41.1 Å². The number of hydrogen-bond donors (Lipinski definition) is 2. The molecule has 1 rings (SSSR count). The van der Waals surface area contributed by atoms with E-state index in [-0.39, 0.29) is 18.0 Å². The SMILES string of the molecule is CCC(C)NC(=O)C(C)NC1CCCCCCC1. The minimum atomic E-state index is -0.0663. The summed E-state index contributed by atoms with van der Waals surface area (Å²) in [5.41, 5.74) is 0. The van der Waals surface area contributed by atoms with Gasteiger partial charge in [-0.25, -0.2) is 0 Å². The molecule has 3 heteroatoms. The first-order valence-corrected chi connectivity index (χ1v) is 7.70. The highest BCUT2D eigenvalue weighted by Crippen LogP contribution is 2.17. The highest BCUT2D eigenvalue weighted by Gasteiger charge is 2.19. The molecular weight excluding hydrogens is 224 g/mol. The number of rotatable bonds is 5. The van der Waals surface area contributed by atoms with E-state index in [0.29, 0.717) is 6.04 Å². The molecule has 0 bridgehead atoms. The van der Waals surface area contributed by atoms with Crippen LogP contribution in [0.4, 0.5) is 0 Å². The highest BCUT2D eigenvalue weighted by molar-refractivity contribution is 5.81. The lowest BCUT2D eigenvalue weighted by molar-refractivity contribution is -0.123. The summed E-state index contributed by atoms with van der Waals surface area (Å²) in [4.78, 5) is 12.0. The van der Waals surface area contributed by atoms with Crippen molar-refractivity contribution in [3.05, 3.63) is 0 Å². The van der Waals surface area contributed by atoms with Crippen LogP contribution >= 0.6 is 0 Å². The van der Waals surface area contributed by atoms with Crippen LogP contribution in [0, 0.1) is 0 Å². The normalized spacial score (nSPS) is 21.7. The second-order valence-corrected chi connectivity index (χ2v) is 5.75. The molecule has 1 fully saturated rings. The summed E-state index contributed by atoms with van der Waals surface area (Å²) in [6.07, 6.45) is 10.1. The molecule has 2 atom stereocenters. The summed E-state index contributed by atoms with van der Waals surface area (Å²) < 4.78 is 0. The van der Waals surface area contributed by atoms with Gasteiger partial charge in [0.25, 0.3) is 0 Å². The van der Waals surface area contributed by atoms with Gasteiger partial charge in [0.1, 0.15) is 0 Å². The van der Waals surface area contributed by atoms with Gasteiger partial charge in [0, 0.05) is 12.1 Å². The molecule has 0 radical (unpaired) electrons. The Bertz CT molecular complexity index is 235. The van der Waals surface area contributed by atoms with Crippen molar-refractivity contribution in [1.29, 1.82) is 0 Å². The largest absolute Gasteiger partial charge is 0.352 e. The molecule has 0 aromatic rings. The Morgan fingerprint density at radius 3 is 2.22 bits per heavy atom. The molecule has 1 aliphatic carbocycles. The average Bonchev–Trinajstić information content (AvgIpc) is 2.31. The molecule has 0 heterocycles. The molecular formula is C15H30N2O. The van der Waals surface area contributed by atoms with Crippen LogP contribution in [0.5, 0.6) is 0 Å². The Balaban J connectivity index is 2.32. The van der Waals surface area contributed by atoms with Crippen molar-refractivity contribution >= 4 is 5.91 Å². The fourth-order valence-corrected chi connectivity index (χ4v) is 2.52. The van der Waals surface area contributed by atoms with E-state index in [0.717, 1.165) is 6.42 Å². The molecule has 1 amide bonds. The lowest BCUT2D eigenvalue weighted by Gasteiger charge is -2.25. The summed E-state index contributed by atoms with van der Waals surface area (Å²) >= 11 is 0. The molecule has 3 nitrogen and oxygen atoms in total. The van der Waals surface area contributed by atoms with Crippen LogP contribution in [-0.4, -0.2) is 24.0 Å². The van der Waals surface area contributed by atoms with Gasteiger partial charge in [0.2, 0.25) is 5.91 Å². The summed E-state index contributed by atoms with van der Waals surface area (Å²) in [6, 6.07) is 0.741. The molecule has 2 N–H and O–H groups in total. The van der Waals surface area contributed by atoms with Crippen molar-refractivity contribution < 1.29 is 4.79 Å². The summed E-state index contributed by atoms with van der Waals surface area (Å²) in [7, 11) is 0. The summed E-state index contributed by atoms with van der Waals surface area (Å²) in [5, 5.41) is 6.55. The van der Waals surface area contributed by atoms with E-state index in [2.05, 4.69) is 24.5 Å². The van der Waals surface area contributed by atoms with Crippen molar-refractivity contribution in [2.45, 2.75) is 90.3 Å². The van der Waals surface area contributed by atoms with Gasteiger partial charge < -0.3 is 10.6 Å². The van der Waals surface area contributed by atoms with Crippen LogP contribution in [0.15, 0.2) is 0 Å². The Morgan fingerprint density at radius 1 is 1.11 bits per heavy atom. The van der Waals surface area contributed by atoms with Crippen LogP contribution in [-0.2, 0) is 4.79 Å². The molecule has 0 aromatic heterocycles. The second kappa shape index (κ2) is 8.52. The molecule has 1 aliphatic rings. The van der Waals surface area contributed by atoms with E-state index >= 15 is 0 Å². The van der Waals surface area contributed by atoms with Gasteiger partial charge in [0.05, 0.1) is 6.04 Å². The maximum Gasteiger partial charge on any atom is 0.237 e. The lowest BCUT2D eigenvalue weighted by atomic mass is 9.96. The third-order valence-corrected chi connectivity index (χ3v) is 3.99. The zero-order valence-corrected chi connectivity index (χ0v) is 12.3. The van der Waals surface area contributed by atoms with Crippen LogP contribution in [0.25, 0.3) is 0 Å². The molecule has 18 heavy (non-hydrogen) atoms. The molecule has 0 saturated heterocycles. The first-order valence-electron chi connectivity index (χ1n) is 7.70. The van der Waals surface area contributed by atoms with Gasteiger partial charge in [0.15, 0.2) is 0 Å². The van der Waals surface area contributed by atoms with E-state index < -0.39 is 0 Å². The monoisotopic (exact) mass is 254 g/mol. The van der Waals surface area contributed by atoms with Crippen molar-refractivity contribution in [2.75, 3.05) is 0 Å². The van der Waals surface area contributed by atoms with E-state index in [1.807, 2.05) is 6.92 Å². The van der Waals surface area contributed by atoms with E-state index in [9.17, 15) is 4.79 Å². The molecule has 1 saturated carbocycles. The first-order chi connectivity index (χ1) is 8.63. The smallest absolute Gasteiger partial charge is 0.237 e. The average molecular weight is 254 g/mol. The van der Waals surface area contributed by atoms with Gasteiger partial charge in [-0.05, 0) is 33.1 Å². The van der Waals surface area contributed by atoms with Gasteiger partial charge in [-0.3, -0.25) is 4.79 Å². The third kappa shape index (κ3) is 5.85. The maximum absolute atomic E-state index is 12.0. The quantitative estimate of drug-likeness (QED) is 0.792. The van der Waals surface area contributed by atoms with Crippen molar-refractivity contribution in [3.63, 3.8) is 0 Å². The summed E-state index contributed by atoms with van der Waals surface area (Å²) in [6.45, 7) is 6.13. The van der Waals surface area contributed by atoms with Crippen molar-refractivity contribution in [3.8, 4) is 0 Å². The lowest BCUT2D eigenvalue weighted by Crippen LogP contribution is -2.48. The number of amides is 1. The van der Waals surface area contributed by atoms with Crippen molar-refractivity contribution in [2.24, 2.45) is 0 Å². The van der Waals surface area contributed by atoms with Gasteiger partial charge in [-0.15, -0.1) is 0 Å². The number of nitrogens with one attached hydrogen (secondary N) is 2. The minimum Gasteiger partial charge on any atom is -0.352 e. The predicted octanol–water partition coefficient (Wildman–Crippen LogP) is 2.99. The number of carbonyl (C=O) groups excluding carboxylic acids is 1. The molecule has 2 unspecified atom stereocenters. The standard InChI is InChI=1S/C15H30N2O/c1-4-12(2)16-15(18)13(3)17-14-10-8-6-5-7-9-11-14/h12-14,17H,4-11H2,1-3H3,(H,16,18). The maximum atomic E-state index is 12.0. The van der Waals surface area contributed by atoms with Gasteiger partial charge in [-0.2, -0.15) is 0 Å². The number of hydrogen-bond acceptors (Lipinski definition) is 2. The van der Waals surface area contributed by atoms with Gasteiger partial charge in [-0.1, -0.05) is 39.0 Å². The zero-order valence-electron chi connectivity index (χ0n) is 12.3. The highest BCUT2D eigenvalue weighted by atomic mass is 16.2. The predicted molar refractivity (Wildman–Crippen MR) is 76.6 cm³/mol. The fourth-order valence-electron chi connectivity index (χ4n) is 2.52. The van der Waals surface area contributed by atoms with Crippen LogP contribution in [0.1, 0.15) is 72.1 Å².